The van der Waals surface area contributed by atoms with Gasteiger partial charge in [0.25, 0.3) is 0 Å². The Labute approximate surface area is 96.0 Å². The maximum Gasteiger partial charge on any atom is 0.106 e. The first kappa shape index (κ1) is 9.64. The SMILES string of the molecule is Cc1nc2c(n1C1C=CC=CC1)C=CCC2. The quantitative estimate of drug-likeness (QED) is 0.699. The molecule has 3 rings (SSSR count). The molecule has 1 aromatic rings. The maximum absolute atomic E-state index is 4.68. The second-order valence-corrected chi connectivity index (χ2v) is 4.42. The van der Waals surface area contributed by atoms with E-state index in [1.54, 1.807) is 0 Å². The van der Waals surface area contributed by atoms with Gasteiger partial charge < -0.3 is 4.57 Å². The summed E-state index contributed by atoms with van der Waals surface area (Å²) in [6.07, 6.45) is 16.5. The summed E-state index contributed by atoms with van der Waals surface area (Å²) in [5, 5.41) is 0. The van der Waals surface area contributed by atoms with E-state index >= 15 is 0 Å². The molecular formula is C14H16N2. The van der Waals surface area contributed by atoms with Crippen molar-refractivity contribution >= 4 is 6.08 Å². The van der Waals surface area contributed by atoms with E-state index in [1.165, 1.54) is 11.4 Å². The lowest BCUT2D eigenvalue weighted by atomic mass is 10.1. The van der Waals surface area contributed by atoms with Gasteiger partial charge in [-0.1, -0.05) is 30.4 Å². The van der Waals surface area contributed by atoms with Crippen molar-refractivity contribution in [2.24, 2.45) is 0 Å². The van der Waals surface area contributed by atoms with Crippen LogP contribution in [0.15, 0.2) is 30.4 Å². The third kappa shape index (κ3) is 1.45. The zero-order chi connectivity index (χ0) is 11.0. The van der Waals surface area contributed by atoms with E-state index in [2.05, 4.69) is 52.9 Å². The van der Waals surface area contributed by atoms with Gasteiger partial charge in [-0.25, -0.2) is 4.98 Å². The first-order valence-corrected chi connectivity index (χ1v) is 5.94. The van der Waals surface area contributed by atoms with Crippen molar-refractivity contribution in [2.45, 2.75) is 32.2 Å². The number of aryl methyl sites for hydroxylation is 2. The minimum Gasteiger partial charge on any atom is -0.321 e. The van der Waals surface area contributed by atoms with Crippen LogP contribution in [0.3, 0.4) is 0 Å². The molecule has 1 unspecified atom stereocenters. The molecule has 1 atom stereocenters. The Morgan fingerprint density at radius 1 is 1.31 bits per heavy atom. The van der Waals surface area contributed by atoms with Gasteiger partial charge in [0.1, 0.15) is 5.82 Å². The molecule has 0 saturated carbocycles. The zero-order valence-electron chi connectivity index (χ0n) is 9.56. The van der Waals surface area contributed by atoms with Crippen molar-refractivity contribution < 1.29 is 0 Å². The Bertz CT molecular complexity index is 489. The summed E-state index contributed by atoms with van der Waals surface area (Å²) >= 11 is 0. The normalized spacial score (nSPS) is 22.4. The van der Waals surface area contributed by atoms with E-state index in [-0.39, 0.29) is 0 Å². The highest BCUT2D eigenvalue weighted by Crippen LogP contribution is 2.27. The summed E-state index contributed by atoms with van der Waals surface area (Å²) in [5.41, 5.74) is 2.58. The Morgan fingerprint density at radius 3 is 3.06 bits per heavy atom. The highest BCUT2D eigenvalue weighted by Gasteiger charge is 2.19. The van der Waals surface area contributed by atoms with Crippen LogP contribution < -0.4 is 0 Å². The molecule has 0 saturated heterocycles. The van der Waals surface area contributed by atoms with E-state index in [1.807, 2.05) is 0 Å². The molecule has 0 radical (unpaired) electrons. The molecule has 2 nitrogen and oxygen atoms in total. The van der Waals surface area contributed by atoms with Crippen LogP contribution in [-0.2, 0) is 6.42 Å². The molecule has 0 aliphatic heterocycles. The monoisotopic (exact) mass is 212 g/mol. The van der Waals surface area contributed by atoms with Crippen LogP contribution in [0.5, 0.6) is 0 Å². The highest BCUT2D eigenvalue weighted by molar-refractivity contribution is 5.52. The van der Waals surface area contributed by atoms with Gasteiger partial charge in [-0.05, 0) is 32.3 Å². The van der Waals surface area contributed by atoms with Gasteiger partial charge in [0.15, 0.2) is 0 Å². The second-order valence-electron chi connectivity index (χ2n) is 4.42. The van der Waals surface area contributed by atoms with Crippen LogP contribution in [0.1, 0.15) is 36.1 Å². The lowest BCUT2D eigenvalue weighted by Gasteiger charge is -2.19. The number of hydrogen-bond donors (Lipinski definition) is 0. The van der Waals surface area contributed by atoms with Crippen molar-refractivity contribution in [3.8, 4) is 0 Å². The molecule has 2 heteroatoms. The second kappa shape index (κ2) is 3.78. The number of nitrogens with zero attached hydrogens (tertiary/aromatic N) is 2. The minimum atomic E-state index is 0.448. The van der Waals surface area contributed by atoms with Gasteiger partial charge in [0, 0.05) is 0 Å². The number of rotatable bonds is 1. The topological polar surface area (TPSA) is 17.8 Å². The lowest BCUT2D eigenvalue weighted by Crippen LogP contribution is -2.11. The summed E-state index contributed by atoms with van der Waals surface area (Å²) in [5.74, 6) is 1.14. The van der Waals surface area contributed by atoms with Gasteiger partial charge in [0.2, 0.25) is 0 Å². The predicted molar refractivity (Wildman–Crippen MR) is 66.3 cm³/mol. The van der Waals surface area contributed by atoms with Crippen molar-refractivity contribution in [1.29, 1.82) is 0 Å². The number of fused-ring (bicyclic) bond motifs is 1. The predicted octanol–water partition coefficient (Wildman–Crippen LogP) is 3.21. The smallest absolute Gasteiger partial charge is 0.106 e. The molecule has 0 amide bonds. The summed E-state index contributed by atoms with van der Waals surface area (Å²) in [4.78, 5) is 4.68. The molecule has 0 fully saturated rings. The third-order valence-corrected chi connectivity index (χ3v) is 3.31. The molecule has 1 aromatic heterocycles. The molecule has 82 valence electrons. The van der Waals surface area contributed by atoms with Gasteiger partial charge in [-0.15, -0.1) is 0 Å². The van der Waals surface area contributed by atoms with Crippen molar-refractivity contribution in [1.82, 2.24) is 9.55 Å². The molecule has 2 aliphatic carbocycles. The Kier molecular flexibility index (Phi) is 2.28. The molecule has 16 heavy (non-hydrogen) atoms. The van der Waals surface area contributed by atoms with Crippen LogP contribution in [0.2, 0.25) is 0 Å². The fraction of sp³-hybridized carbons (Fsp3) is 0.357. The number of imidazole rings is 1. The van der Waals surface area contributed by atoms with Crippen LogP contribution in [0, 0.1) is 6.92 Å². The Hall–Kier alpha value is -1.57. The van der Waals surface area contributed by atoms with Crippen molar-refractivity contribution in [2.75, 3.05) is 0 Å². The average molecular weight is 212 g/mol. The molecular weight excluding hydrogens is 196 g/mol. The summed E-state index contributed by atoms with van der Waals surface area (Å²) in [6, 6.07) is 0.448. The fourth-order valence-corrected chi connectivity index (χ4v) is 2.57. The highest BCUT2D eigenvalue weighted by atomic mass is 15.1. The molecule has 0 aromatic carbocycles. The summed E-state index contributed by atoms with van der Waals surface area (Å²) in [6.45, 7) is 2.11. The van der Waals surface area contributed by atoms with E-state index < -0.39 is 0 Å². The molecule has 0 bridgehead atoms. The Balaban J connectivity index is 2.07. The summed E-state index contributed by atoms with van der Waals surface area (Å²) < 4.78 is 2.37. The van der Waals surface area contributed by atoms with Gasteiger partial charge in [0.05, 0.1) is 17.4 Å². The van der Waals surface area contributed by atoms with Gasteiger partial charge in [-0.3, -0.25) is 0 Å². The van der Waals surface area contributed by atoms with Crippen LogP contribution in [0.25, 0.3) is 6.08 Å². The number of hydrogen-bond acceptors (Lipinski definition) is 1. The van der Waals surface area contributed by atoms with E-state index in [4.69, 9.17) is 0 Å². The molecule has 1 heterocycles. The fourth-order valence-electron chi connectivity index (χ4n) is 2.57. The van der Waals surface area contributed by atoms with Gasteiger partial charge >= 0.3 is 0 Å². The lowest BCUT2D eigenvalue weighted by molar-refractivity contribution is 0.585. The molecule has 0 N–H and O–H groups in total. The van der Waals surface area contributed by atoms with E-state index in [0.29, 0.717) is 6.04 Å². The zero-order valence-corrected chi connectivity index (χ0v) is 9.56. The number of aromatic nitrogens is 2. The van der Waals surface area contributed by atoms with E-state index in [0.717, 1.165) is 25.1 Å². The number of allylic oxidation sites excluding steroid dienone is 5. The molecule has 0 spiro atoms. The van der Waals surface area contributed by atoms with Crippen molar-refractivity contribution in [3.63, 3.8) is 0 Å². The third-order valence-electron chi connectivity index (χ3n) is 3.31. The summed E-state index contributed by atoms with van der Waals surface area (Å²) in [7, 11) is 0. The first-order chi connectivity index (χ1) is 7.86. The first-order valence-electron chi connectivity index (χ1n) is 5.94. The maximum atomic E-state index is 4.68. The standard InChI is InChI=1S/C14H16N2/c1-11-15-13-9-5-6-10-14(13)16(11)12-7-3-2-4-8-12/h2-4,6-7,10,12H,5,8-9H2,1H3. The van der Waals surface area contributed by atoms with Crippen LogP contribution >= 0.6 is 0 Å². The molecule has 2 aliphatic rings. The minimum absolute atomic E-state index is 0.448. The Morgan fingerprint density at radius 2 is 2.25 bits per heavy atom. The van der Waals surface area contributed by atoms with Gasteiger partial charge in [-0.2, -0.15) is 0 Å². The van der Waals surface area contributed by atoms with Crippen molar-refractivity contribution in [3.05, 3.63) is 47.6 Å². The largest absolute Gasteiger partial charge is 0.321 e. The average Bonchev–Trinajstić information content (AvgIpc) is 2.66. The van der Waals surface area contributed by atoms with Crippen LogP contribution in [0.4, 0.5) is 0 Å². The van der Waals surface area contributed by atoms with Crippen LogP contribution in [-0.4, -0.2) is 9.55 Å². The van der Waals surface area contributed by atoms with E-state index in [9.17, 15) is 0 Å².